The number of tetrazole rings is 1. The SMILES string of the molecule is Cc1nnnn1C(Cc1ccccc1)C(=O)Nc1cccc(CO)c1. The third-order valence-electron chi connectivity index (χ3n) is 3.90. The number of carbonyl (C=O) groups is 1. The highest BCUT2D eigenvalue weighted by atomic mass is 16.3. The second kappa shape index (κ2) is 7.67. The predicted octanol–water partition coefficient (Wildman–Crippen LogP) is 1.90. The maximum absolute atomic E-state index is 12.9. The predicted molar refractivity (Wildman–Crippen MR) is 92.7 cm³/mol. The third kappa shape index (κ3) is 4.07. The van der Waals surface area contributed by atoms with Gasteiger partial charge in [0.2, 0.25) is 5.91 Å². The van der Waals surface area contributed by atoms with Crippen LogP contribution >= 0.6 is 0 Å². The zero-order chi connectivity index (χ0) is 17.6. The van der Waals surface area contributed by atoms with Crippen LogP contribution in [0, 0.1) is 6.92 Å². The van der Waals surface area contributed by atoms with Gasteiger partial charge >= 0.3 is 0 Å². The number of aliphatic hydroxyl groups is 1. The molecule has 25 heavy (non-hydrogen) atoms. The van der Waals surface area contributed by atoms with Gasteiger partial charge in [0.25, 0.3) is 0 Å². The molecule has 0 aliphatic carbocycles. The summed E-state index contributed by atoms with van der Waals surface area (Å²) in [6.07, 6.45) is 0.470. The van der Waals surface area contributed by atoms with Gasteiger partial charge < -0.3 is 10.4 Å². The van der Waals surface area contributed by atoms with Crippen molar-refractivity contribution in [3.05, 3.63) is 71.5 Å². The molecule has 1 aromatic heterocycles. The van der Waals surface area contributed by atoms with Crippen LogP contribution in [0.25, 0.3) is 0 Å². The van der Waals surface area contributed by atoms with E-state index in [9.17, 15) is 9.90 Å². The van der Waals surface area contributed by atoms with Crippen LogP contribution in [0.5, 0.6) is 0 Å². The number of carbonyl (C=O) groups excluding carboxylic acids is 1. The molecule has 1 amide bonds. The Kier molecular flexibility index (Phi) is 5.15. The summed E-state index contributed by atoms with van der Waals surface area (Å²) >= 11 is 0. The lowest BCUT2D eigenvalue weighted by molar-refractivity contribution is -0.119. The topological polar surface area (TPSA) is 92.9 Å². The fraction of sp³-hybridized carbons (Fsp3) is 0.222. The van der Waals surface area contributed by atoms with E-state index in [0.717, 1.165) is 11.1 Å². The van der Waals surface area contributed by atoms with Gasteiger partial charge in [-0.15, -0.1) is 5.10 Å². The molecule has 2 N–H and O–H groups in total. The molecule has 0 bridgehead atoms. The number of nitrogens with zero attached hydrogens (tertiary/aromatic N) is 4. The van der Waals surface area contributed by atoms with Crippen molar-refractivity contribution in [2.45, 2.75) is 26.0 Å². The van der Waals surface area contributed by atoms with E-state index in [2.05, 4.69) is 20.8 Å². The van der Waals surface area contributed by atoms with E-state index in [1.807, 2.05) is 30.3 Å². The first kappa shape index (κ1) is 16.8. The molecule has 3 aromatic rings. The molecule has 0 aliphatic heterocycles. The minimum atomic E-state index is -0.574. The Morgan fingerprint density at radius 2 is 1.92 bits per heavy atom. The van der Waals surface area contributed by atoms with Crippen molar-refractivity contribution < 1.29 is 9.90 Å². The Morgan fingerprint density at radius 1 is 1.16 bits per heavy atom. The van der Waals surface area contributed by atoms with E-state index >= 15 is 0 Å². The van der Waals surface area contributed by atoms with E-state index in [1.54, 1.807) is 31.2 Å². The number of anilines is 1. The Hall–Kier alpha value is -3.06. The van der Waals surface area contributed by atoms with Crippen LogP contribution in [0.1, 0.15) is 23.0 Å². The van der Waals surface area contributed by atoms with Crippen LogP contribution < -0.4 is 5.32 Å². The molecule has 7 nitrogen and oxygen atoms in total. The monoisotopic (exact) mass is 337 g/mol. The van der Waals surface area contributed by atoms with Crippen LogP contribution in [0.15, 0.2) is 54.6 Å². The highest BCUT2D eigenvalue weighted by molar-refractivity contribution is 5.94. The maximum atomic E-state index is 12.9. The molecule has 2 aromatic carbocycles. The molecule has 0 aliphatic rings. The number of rotatable bonds is 6. The molecule has 1 unspecified atom stereocenters. The molecule has 0 saturated heterocycles. The highest BCUT2D eigenvalue weighted by Crippen LogP contribution is 2.18. The summed E-state index contributed by atoms with van der Waals surface area (Å²) in [5.74, 6) is 0.356. The zero-order valence-corrected chi connectivity index (χ0v) is 13.8. The number of amides is 1. The summed E-state index contributed by atoms with van der Waals surface area (Å²) in [5, 5.41) is 23.6. The van der Waals surface area contributed by atoms with Crippen molar-refractivity contribution in [1.82, 2.24) is 20.2 Å². The van der Waals surface area contributed by atoms with Crippen molar-refractivity contribution in [2.75, 3.05) is 5.32 Å². The van der Waals surface area contributed by atoms with Gasteiger partial charge in [-0.25, -0.2) is 4.68 Å². The smallest absolute Gasteiger partial charge is 0.249 e. The molecule has 128 valence electrons. The van der Waals surface area contributed by atoms with E-state index in [-0.39, 0.29) is 12.5 Å². The van der Waals surface area contributed by atoms with Gasteiger partial charge in [0.15, 0.2) is 0 Å². The first-order valence-corrected chi connectivity index (χ1v) is 7.96. The van der Waals surface area contributed by atoms with Gasteiger partial charge in [-0.2, -0.15) is 0 Å². The van der Waals surface area contributed by atoms with Gasteiger partial charge in [0.1, 0.15) is 11.9 Å². The number of benzene rings is 2. The summed E-state index contributed by atoms with van der Waals surface area (Å²) < 4.78 is 1.53. The average molecular weight is 337 g/mol. The Bertz CT molecular complexity index is 847. The Labute approximate surface area is 145 Å². The maximum Gasteiger partial charge on any atom is 0.249 e. The normalized spacial score (nSPS) is 11.9. The number of aliphatic hydroxyl groups excluding tert-OH is 1. The van der Waals surface area contributed by atoms with E-state index in [0.29, 0.717) is 17.9 Å². The van der Waals surface area contributed by atoms with Crippen LogP contribution in [-0.4, -0.2) is 31.2 Å². The molecule has 7 heteroatoms. The summed E-state index contributed by atoms with van der Waals surface area (Å²) in [5.41, 5.74) is 2.37. The van der Waals surface area contributed by atoms with Crippen LogP contribution in [-0.2, 0) is 17.8 Å². The van der Waals surface area contributed by atoms with Gasteiger partial charge in [0.05, 0.1) is 6.61 Å². The molecule has 0 radical (unpaired) electrons. The largest absolute Gasteiger partial charge is 0.392 e. The Morgan fingerprint density at radius 3 is 2.60 bits per heavy atom. The third-order valence-corrected chi connectivity index (χ3v) is 3.90. The molecule has 1 heterocycles. The number of hydrogen-bond acceptors (Lipinski definition) is 5. The van der Waals surface area contributed by atoms with Crippen molar-refractivity contribution in [3.8, 4) is 0 Å². The van der Waals surface area contributed by atoms with Crippen LogP contribution in [0.4, 0.5) is 5.69 Å². The van der Waals surface area contributed by atoms with Gasteiger partial charge in [0, 0.05) is 12.1 Å². The van der Waals surface area contributed by atoms with Gasteiger partial charge in [-0.1, -0.05) is 42.5 Å². The average Bonchev–Trinajstić information content (AvgIpc) is 3.06. The molecule has 1 atom stereocenters. The standard InChI is InChI=1S/C18H19N5O2/c1-13-20-21-22-23(13)17(11-14-6-3-2-4-7-14)18(25)19-16-9-5-8-15(10-16)12-24/h2-10,17,24H,11-12H2,1H3,(H,19,25). The van der Waals surface area contributed by atoms with E-state index in [1.165, 1.54) is 4.68 Å². The molecular weight excluding hydrogens is 318 g/mol. The minimum Gasteiger partial charge on any atom is -0.392 e. The molecule has 0 saturated carbocycles. The lowest BCUT2D eigenvalue weighted by atomic mass is 10.1. The van der Waals surface area contributed by atoms with Crippen molar-refractivity contribution in [3.63, 3.8) is 0 Å². The fourth-order valence-corrected chi connectivity index (χ4v) is 2.63. The van der Waals surface area contributed by atoms with Gasteiger partial charge in [-0.3, -0.25) is 4.79 Å². The lowest BCUT2D eigenvalue weighted by Gasteiger charge is -2.18. The Balaban J connectivity index is 1.85. The minimum absolute atomic E-state index is 0.0801. The molecule has 0 spiro atoms. The second-order valence-electron chi connectivity index (χ2n) is 5.72. The number of nitrogens with one attached hydrogen (secondary N) is 1. The first-order chi connectivity index (χ1) is 12.2. The van der Waals surface area contributed by atoms with Crippen LogP contribution in [0.3, 0.4) is 0 Å². The second-order valence-corrected chi connectivity index (χ2v) is 5.72. The summed E-state index contributed by atoms with van der Waals surface area (Å²) in [6, 6.07) is 16.3. The quantitative estimate of drug-likeness (QED) is 0.716. The lowest BCUT2D eigenvalue weighted by Crippen LogP contribution is -2.29. The number of aromatic nitrogens is 4. The highest BCUT2D eigenvalue weighted by Gasteiger charge is 2.24. The first-order valence-electron chi connectivity index (χ1n) is 7.96. The van der Waals surface area contributed by atoms with E-state index in [4.69, 9.17) is 0 Å². The van der Waals surface area contributed by atoms with Crippen LogP contribution in [0.2, 0.25) is 0 Å². The molecule has 3 rings (SSSR count). The van der Waals surface area contributed by atoms with Crippen molar-refractivity contribution in [2.24, 2.45) is 0 Å². The van der Waals surface area contributed by atoms with Gasteiger partial charge in [-0.05, 0) is 40.6 Å². The molecular formula is C18H19N5O2. The van der Waals surface area contributed by atoms with Crippen molar-refractivity contribution >= 4 is 11.6 Å². The van der Waals surface area contributed by atoms with Crippen molar-refractivity contribution in [1.29, 1.82) is 0 Å². The fourth-order valence-electron chi connectivity index (χ4n) is 2.63. The summed E-state index contributed by atoms with van der Waals surface area (Å²) in [4.78, 5) is 12.9. The zero-order valence-electron chi connectivity index (χ0n) is 13.8. The number of hydrogen-bond donors (Lipinski definition) is 2. The number of aryl methyl sites for hydroxylation is 1. The molecule has 0 fully saturated rings. The summed E-state index contributed by atoms with van der Waals surface area (Å²) in [6.45, 7) is 1.68. The van der Waals surface area contributed by atoms with E-state index < -0.39 is 6.04 Å². The summed E-state index contributed by atoms with van der Waals surface area (Å²) in [7, 11) is 0.